The third-order valence-electron chi connectivity index (χ3n) is 7.59. The van der Waals surface area contributed by atoms with E-state index in [1.54, 1.807) is 64.3 Å². The molecular weight excluding hydrogens is 684 g/mol. The van der Waals surface area contributed by atoms with Gasteiger partial charge in [-0.15, -0.1) is 0 Å². The van der Waals surface area contributed by atoms with Crippen LogP contribution in [0.4, 0.5) is 0 Å². The first kappa shape index (κ1) is 36.5. The van der Waals surface area contributed by atoms with Gasteiger partial charge in [0.2, 0.25) is 5.90 Å². The van der Waals surface area contributed by atoms with Gasteiger partial charge in [-0.2, -0.15) is 0 Å². The molecular formula is C36H43BrN2O9. The number of ether oxygens (including phenoxy) is 6. The van der Waals surface area contributed by atoms with E-state index in [4.69, 9.17) is 38.5 Å². The Kier molecular flexibility index (Phi) is 12.3. The fraction of sp³-hybridized carbons (Fsp3) is 0.417. The summed E-state index contributed by atoms with van der Waals surface area (Å²) in [5, 5.41) is 12.1. The summed E-state index contributed by atoms with van der Waals surface area (Å²) in [7, 11) is 4.59. The van der Waals surface area contributed by atoms with E-state index in [0.717, 1.165) is 0 Å². The van der Waals surface area contributed by atoms with Crippen molar-refractivity contribution >= 4 is 33.7 Å². The highest BCUT2D eigenvalue weighted by atomic mass is 79.9. The van der Waals surface area contributed by atoms with Crippen LogP contribution in [0.1, 0.15) is 62.8 Å². The molecule has 0 aromatic heterocycles. The summed E-state index contributed by atoms with van der Waals surface area (Å²) in [5.41, 5.74) is -0.406. The average molecular weight is 728 g/mol. The van der Waals surface area contributed by atoms with Crippen molar-refractivity contribution < 1.29 is 43.1 Å². The minimum Gasteiger partial charge on any atom is -0.496 e. The number of carbonyl (C=O) groups is 2. The van der Waals surface area contributed by atoms with Crippen molar-refractivity contribution in [2.75, 3.05) is 34.5 Å². The number of methoxy groups -OCH3 is 3. The highest BCUT2D eigenvalue weighted by Gasteiger charge is 2.54. The van der Waals surface area contributed by atoms with E-state index >= 15 is 0 Å². The summed E-state index contributed by atoms with van der Waals surface area (Å²) in [6.07, 6.45) is -0.513. The van der Waals surface area contributed by atoms with Gasteiger partial charge in [0, 0.05) is 47.2 Å². The van der Waals surface area contributed by atoms with E-state index in [0.29, 0.717) is 57.2 Å². The standard InChI is InChI=1S/C36H43BrN2O9/c1-35(2,3)48-31(41)16-17-36(34(42)38-22-27-29(44-5)20-25(43-4)21-30(27)45-6)32(26-10-7-8-11-28(26)37)47-33(39-36)23-12-14-24(15-13-23)46-19-9-18-40/h7-8,10-15,20-21,32,40H,9,16-19,22H2,1-6H3,(H,38,42)/t32-,36-/m1/s1. The topological polar surface area (TPSA) is 134 Å². The number of esters is 1. The van der Waals surface area contributed by atoms with Gasteiger partial charge in [0.25, 0.3) is 5.91 Å². The van der Waals surface area contributed by atoms with Crippen LogP contribution in [-0.4, -0.2) is 68.6 Å². The van der Waals surface area contributed by atoms with E-state index in [1.165, 1.54) is 14.2 Å². The molecule has 1 aliphatic rings. The molecule has 48 heavy (non-hydrogen) atoms. The zero-order valence-electron chi connectivity index (χ0n) is 28.1. The van der Waals surface area contributed by atoms with Crippen molar-refractivity contribution in [1.82, 2.24) is 5.32 Å². The number of carbonyl (C=O) groups excluding carboxylic acids is 2. The molecule has 0 spiro atoms. The highest BCUT2D eigenvalue weighted by Crippen LogP contribution is 2.45. The number of nitrogens with one attached hydrogen (secondary N) is 1. The van der Waals surface area contributed by atoms with E-state index in [2.05, 4.69) is 21.2 Å². The number of nitrogens with zero attached hydrogens (tertiary/aromatic N) is 1. The maximum atomic E-state index is 14.6. The molecule has 3 aromatic rings. The maximum absolute atomic E-state index is 14.6. The minimum absolute atomic E-state index is 0.0114. The molecule has 3 aromatic carbocycles. The maximum Gasteiger partial charge on any atom is 0.306 e. The van der Waals surface area contributed by atoms with Crippen LogP contribution in [0.2, 0.25) is 0 Å². The Morgan fingerprint density at radius 3 is 2.23 bits per heavy atom. The van der Waals surface area contributed by atoms with Gasteiger partial charge in [0.05, 0.1) is 40.0 Å². The highest BCUT2D eigenvalue weighted by molar-refractivity contribution is 9.10. The summed E-state index contributed by atoms with van der Waals surface area (Å²) < 4.78 is 35.2. The molecule has 0 saturated carbocycles. The number of rotatable bonds is 15. The Bertz CT molecular complexity index is 1580. The quantitative estimate of drug-likeness (QED) is 0.144. The van der Waals surface area contributed by atoms with Gasteiger partial charge in [-0.1, -0.05) is 34.1 Å². The minimum atomic E-state index is -1.58. The molecule has 1 amide bonds. The molecule has 12 heteroatoms. The third kappa shape index (κ3) is 8.78. The van der Waals surface area contributed by atoms with Crippen LogP contribution in [0, 0.1) is 0 Å². The SMILES string of the molecule is COc1cc(OC)c(CNC(=O)[C@]2(CCC(=O)OC(C)(C)C)N=C(c3ccc(OCCCO)cc3)O[C@@H]2c2ccccc2Br)c(OC)c1. The number of amides is 1. The molecule has 2 atom stereocenters. The number of hydrogen-bond acceptors (Lipinski definition) is 10. The molecule has 1 aliphatic heterocycles. The van der Waals surface area contributed by atoms with Crippen molar-refractivity contribution in [2.24, 2.45) is 4.99 Å². The van der Waals surface area contributed by atoms with Crippen molar-refractivity contribution in [2.45, 2.75) is 63.8 Å². The molecule has 1 heterocycles. The second kappa shape index (κ2) is 16.2. The van der Waals surface area contributed by atoms with Crippen LogP contribution in [0.25, 0.3) is 0 Å². The summed E-state index contributed by atoms with van der Waals surface area (Å²) >= 11 is 3.64. The van der Waals surface area contributed by atoms with Crippen LogP contribution in [0.5, 0.6) is 23.0 Å². The predicted molar refractivity (Wildman–Crippen MR) is 184 cm³/mol. The van der Waals surface area contributed by atoms with Crippen LogP contribution < -0.4 is 24.3 Å². The van der Waals surface area contributed by atoms with Gasteiger partial charge in [-0.25, -0.2) is 4.99 Å². The second-order valence-corrected chi connectivity index (χ2v) is 12.9. The fourth-order valence-electron chi connectivity index (χ4n) is 5.29. The Morgan fingerprint density at radius 2 is 1.65 bits per heavy atom. The lowest BCUT2D eigenvalue weighted by molar-refractivity contribution is -0.155. The number of halogens is 1. The van der Waals surface area contributed by atoms with Gasteiger partial charge in [0.15, 0.2) is 11.6 Å². The van der Waals surface area contributed by atoms with E-state index in [-0.39, 0.29) is 31.9 Å². The van der Waals surface area contributed by atoms with E-state index < -0.39 is 29.1 Å². The fourth-order valence-corrected chi connectivity index (χ4v) is 5.79. The van der Waals surface area contributed by atoms with E-state index in [1.807, 2.05) is 24.3 Å². The summed E-state index contributed by atoms with van der Waals surface area (Å²) in [6, 6.07) is 18.0. The average Bonchev–Trinajstić information content (AvgIpc) is 3.46. The molecule has 2 N–H and O–H groups in total. The summed E-state index contributed by atoms with van der Waals surface area (Å²) in [6.45, 7) is 5.80. The Labute approximate surface area is 289 Å². The first-order chi connectivity index (χ1) is 22.9. The van der Waals surface area contributed by atoms with Crippen LogP contribution >= 0.6 is 15.9 Å². The lowest BCUT2D eigenvalue weighted by Crippen LogP contribution is -2.48. The number of aliphatic hydroxyl groups excluding tert-OH is 1. The number of benzene rings is 3. The molecule has 4 rings (SSSR count). The summed E-state index contributed by atoms with van der Waals surface area (Å²) in [4.78, 5) is 32.7. The smallest absolute Gasteiger partial charge is 0.306 e. The van der Waals surface area contributed by atoms with Crippen molar-refractivity contribution in [3.05, 3.63) is 81.8 Å². The van der Waals surface area contributed by atoms with Crippen LogP contribution in [0.3, 0.4) is 0 Å². The van der Waals surface area contributed by atoms with Crippen LogP contribution in [0.15, 0.2) is 70.1 Å². The van der Waals surface area contributed by atoms with Gasteiger partial charge in [0.1, 0.15) is 28.6 Å². The second-order valence-electron chi connectivity index (χ2n) is 12.1. The molecule has 0 saturated heterocycles. The largest absolute Gasteiger partial charge is 0.496 e. The molecule has 11 nitrogen and oxygen atoms in total. The third-order valence-corrected chi connectivity index (χ3v) is 8.31. The number of aliphatic hydroxyl groups is 1. The Morgan fingerprint density at radius 1 is 0.979 bits per heavy atom. The first-order valence-electron chi connectivity index (χ1n) is 15.6. The molecule has 0 unspecified atom stereocenters. The number of aliphatic imine (C=N–C) groups is 1. The molecule has 0 radical (unpaired) electrons. The van der Waals surface area contributed by atoms with Gasteiger partial charge >= 0.3 is 5.97 Å². The zero-order chi connectivity index (χ0) is 34.9. The summed E-state index contributed by atoms with van der Waals surface area (Å²) in [5.74, 6) is 1.37. The van der Waals surface area contributed by atoms with Crippen molar-refractivity contribution in [3.63, 3.8) is 0 Å². The normalized spacial score (nSPS) is 17.2. The molecule has 0 bridgehead atoms. The zero-order valence-corrected chi connectivity index (χ0v) is 29.7. The van der Waals surface area contributed by atoms with Gasteiger partial charge in [-0.05, 0) is 57.5 Å². The molecule has 0 fully saturated rings. The van der Waals surface area contributed by atoms with Gasteiger partial charge < -0.3 is 38.8 Å². The first-order valence-corrected chi connectivity index (χ1v) is 16.4. The van der Waals surface area contributed by atoms with Crippen LogP contribution in [-0.2, 0) is 25.6 Å². The Balaban J connectivity index is 1.78. The van der Waals surface area contributed by atoms with Crippen molar-refractivity contribution in [3.8, 4) is 23.0 Å². The molecule has 0 aliphatic carbocycles. The van der Waals surface area contributed by atoms with Gasteiger partial charge in [-0.3, -0.25) is 9.59 Å². The van der Waals surface area contributed by atoms with Crippen molar-refractivity contribution in [1.29, 1.82) is 0 Å². The lowest BCUT2D eigenvalue weighted by atomic mass is 9.83. The Hall–Kier alpha value is -4.29. The predicted octanol–water partition coefficient (Wildman–Crippen LogP) is 5.93. The number of hydrogen-bond donors (Lipinski definition) is 2. The van der Waals surface area contributed by atoms with E-state index in [9.17, 15) is 9.59 Å². The monoisotopic (exact) mass is 726 g/mol. The molecule has 258 valence electrons. The lowest BCUT2D eigenvalue weighted by Gasteiger charge is -2.31.